The minimum atomic E-state index is 0.438. The van der Waals surface area contributed by atoms with E-state index in [1.165, 1.54) is 45.1 Å². The van der Waals surface area contributed by atoms with E-state index in [-0.39, 0.29) is 0 Å². The maximum Gasteiger partial charge on any atom is 0.0168 e. The van der Waals surface area contributed by atoms with E-state index in [0.29, 0.717) is 6.04 Å². The summed E-state index contributed by atoms with van der Waals surface area (Å²) in [5, 5.41) is 0. The number of likely N-dealkylation sites (tertiary alicyclic amines) is 1. The largest absolute Gasteiger partial charge is 0.327 e. The molecule has 0 radical (unpaired) electrons. The molecule has 1 saturated carbocycles. The third-order valence-corrected chi connectivity index (χ3v) is 4.64. The molecule has 1 aliphatic carbocycles. The van der Waals surface area contributed by atoms with Gasteiger partial charge in [0.2, 0.25) is 0 Å². The Balaban J connectivity index is 1.88. The Morgan fingerprint density at radius 2 is 1.94 bits per heavy atom. The molecule has 2 heteroatoms. The zero-order chi connectivity index (χ0) is 11.5. The predicted octanol–water partition coefficient (Wildman–Crippen LogP) is 2.62. The number of rotatable bonds is 2. The van der Waals surface area contributed by atoms with E-state index >= 15 is 0 Å². The quantitative estimate of drug-likeness (QED) is 0.781. The molecule has 0 aromatic heterocycles. The minimum Gasteiger partial charge on any atom is -0.327 e. The van der Waals surface area contributed by atoms with Gasteiger partial charge in [0, 0.05) is 18.6 Å². The number of hydrogen-bond acceptors (Lipinski definition) is 2. The Hall–Kier alpha value is -0.0800. The van der Waals surface area contributed by atoms with E-state index in [4.69, 9.17) is 5.73 Å². The highest BCUT2D eigenvalue weighted by molar-refractivity contribution is 4.85. The van der Waals surface area contributed by atoms with Crippen LogP contribution in [0.25, 0.3) is 0 Å². The smallest absolute Gasteiger partial charge is 0.0168 e. The van der Waals surface area contributed by atoms with Crippen molar-refractivity contribution in [2.45, 2.75) is 64.5 Å². The van der Waals surface area contributed by atoms with Gasteiger partial charge in [0.15, 0.2) is 0 Å². The standard InChI is InChI=1S/C14H28N2/c1-11(2)12-5-3-7-14(9-12)16-8-4-6-13(15)10-16/h11-14H,3-10,15H2,1-2H3. The van der Waals surface area contributed by atoms with E-state index in [2.05, 4.69) is 18.7 Å². The summed E-state index contributed by atoms with van der Waals surface area (Å²) in [7, 11) is 0. The van der Waals surface area contributed by atoms with Crippen LogP contribution in [0.2, 0.25) is 0 Å². The molecule has 1 heterocycles. The molecule has 16 heavy (non-hydrogen) atoms. The van der Waals surface area contributed by atoms with Crippen LogP contribution in [0.5, 0.6) is 0 Å². The van der Waals surface area contributed by atoms with Crippen molar-refractivity contribution in [2.24, 2.45) is 17.6 Å². The van der Waals surface area contributed by atoms with Gasteiger partial charge in [-0.25, -0.2) is 0 Å². The normalized spacial score (nSPS) is 37.9. The lowest BCUT2D eigenvalue weighted by Crippen LogP contribution is -2.49. The zero-order valence-corrected chi connectivity index (χ0v) is 11.0. The second-order valence-electron chi connectivity index (χ2n) is 6.22. The van der Waals surface area contributed by atoms with E-state index in [0.717, 1.165) is 24.4 Å². The first kappa shape index (κ1) is 12.4. The van der Waals surface area contributed by atoms with Gasteiger partial charge in [0.25, 0.3) is 0 Å². The SMILES string of the molecule is CC(C)C1CCCC(N2CCCC(N)C2)C1. The lowest BCUT2D eigenvalue weighted by atomic mass is 9.78. The predicted molar refractivity (Wildman–Crippen MR) is 69.4 cm³/mol. The van der Waals surface area contributed by atoms with Gasteiger partial charge in [-0.2, -0.15) is 0 Å². The molecule has 3 unspecified atom stereocenters. The van der Waals surface area contributed by atoms with Gasteiger partial charge in [0.05, 0.1) is 0 Å². The molecular weight excluding hydrogens is 196 g/mol. The van der Waals surface area contributed by atoms with E-state index in [1.807, 2.05) is 0 Å². The topological polar surface area (TPSA) is 29.3 Å². The van der Waals surface area contributed by atoms with Crippen LogP contribution in [0.4, 0.5) is 0 Å². The molecule has 2 rings (SSSR count). The maximum absolute atomic E-state index is 6.08. The molecule has 2 fully saturated rings. The monoisotopic (exact) mass is 224 g/mol. The molecular formula is C14H28N2. The minimum absolute atomic E-state index is 0.438. The summed E-state index contributed by atoms with van der Waals surface area (Å²) >= 11 is 0. The highest BCUT2D eigenvalue weighted by Gasteiger charge is 2.30. The lowest BCUT2D eigenvalue weighted by molar-refractivity contribution is 0.0885. The summed E-state index contributed by atoms with van der Waals surface area (Å²) in [5.74, 6) is 1.82. The van der Waals surface area contributed by atoms with Gasteiger partial charge < -0.3 is 5.73 Å². The maximum atomic E-state index is 6.08. The first-order chi connectivity index (χ1) is 7.66. The number of hydrogen-bond donors (Lipinski definition) is 1. The Morgan fingerprint density at radius 3 is 2.62 bits per heavy atom. The molecule has 2 nitrogen and oxygen atoms in total. The molecule has 0 bridgehead atoms. The second kappa shape index (κ2) is 5.50. The highest BCUT2D eigenvalue weighted by Crippen LogP contribution is 2.33. The summed E-state index contributed by atoms with van der Waals surface area (Å²) in [6.45, 7) is 7.21. The van der Waals surface area contributed by atoms with Gasteiger partial charge >= 0.3 is 0 Å². The Kier molecular flexibility index (Phi) is 4.26. The Morgan fingerprint density at radius 1 is 1.12 bits per heavy atom. The molecule has 1 aliphatic heterocycles. The van der Waals surface area contributed by atoms with Crippen molar-refractivity contribution in [2.75, 3.05) is 13.1 Å². The molecule has 0 amide bonds. The van der Waals surface area contributed by atoms with Crippen molar-refractivity contribution >= 4 is 0 Å². The molecule has 94 valence electrons. The number of nitrogens with two attached hydrogens (primary N) is 1. The first-order valence-corrected chi connectivity index (χ1v) is 7.16. The fraction of sp³-hybridized carbons (Fsp3) is 1.00. The van der Waals surface area contributed by atoms with Crippen LogP contribution in [0.3, 0.4) is 0 Å². The van der Waals surface area contributed by atoms with Crippen LogP contribution < -0.4 is 5.73 Å². The molecule has 3 atom stereocenters. The fourth-order valence-electron chi connectivity index (χ4n) is 3.51. The van der Waals surface area contributed by atoms with Crippen molar-refractivity contribution in [1.82, 2.24) is 4.90 Å². The van der Waals surface area contributed by atoms with Crippen LogP contribution in [-0.4, -0.2) is 30.1 Å². The average molecular weight is 224 g/mol. The van der Waals surface area contributed by atoms with Crippen LogP contribution in [-0.2, 0) is 0 Å². The highest BCUT2D eigenvalue weighted by atomic mass is 15.2. The summed E-state index contributed by atoms with van der Waals surface area (Å²) < 4.78 is 0. The average Bonchev–Trinajstić information content (AvgIpc) is 2.29. The zero-order valence-electron chi connectivity index (χ0n) is 11.0. The van der Waals surface area contributed by atoms with Crippen LogP contribution >= 0.6 is 0 Å². The summed E-state index contributed by atoms with van der Waals surface area (Å²) in [5.41, 5.74) is 6.08. The number of piperidine rings is 1. The van der Waals surface area contributed by atoms with Crippen LogP contribution in [0, 0.1) is 11.8 Å². The molecule has 0 aromatic rings. The first-order valence-electron chi connectivity index (χ1n) is 7.16. The number of nitrogens with zero attached hydrogens (tertiary/aromatic N) is 1. The second-order valence-corrected chi connectivity index (χ2v) is 6.22. The summed E-state index contributed by atoms with van der Waals surface area (Å²) in [4.78, 5) is 2.68. The van der Waals surface area contributed by atoms with Crippen molar-refractivity contribution < 1.29 is 0 Å². The van der Waals surface area contributed by atoms with Crippen molar-refractivity contribution in [3.8, 4) is 0 Å². The Labute approximate surface area is 101 Å². The lowest BCUT2D eigenvalue weighted by Gasteiger charge is -2.42. The van der Waals surface area contributed by atoms with Gasteiger partial charge in [-0.3, -0.25) is 4.90 Å². The van der Waals surface area contributed by atoms with E-state index in [9.17, 15) is 0 Å². The van der Waals surface area contributed by atoms with Gasteiger partial charge in [-0.05, 0) is 44.1 Å². The van der Waals surface area contributed by atoms with Gasteiger partial charge in [0.1, 0.15) is 0 Å². The van der Waals surface area contributed by atoms with Crippen LogP contribution in [0.15, 0.2) is 0 Å². The Bertz CT molecular complexity index is 215. The molecule has 1 saturated heterocycles. The van der Waals surface area contributed by atoms with Crippen molar-refractivity contribution in [3.63, 3.8) is 0 Å². The van der Waals surface area contributed by atoms with Crippen molar-refractivity contribution in [1.29, 1.82) is 0 Å². The molecule has 0 spiro atoms. The molecule has 2 N–H and O–H groups in total. The fourth-order valence-corrected chi connectivity index (χ4v) is 3.51. The summed E-state index contributed by atoms with van der Waals surface area (Å²) in [6.07, 6.45) is 8.26. The molecule has 2 aliphatic rings. The van der Waals surface area contributed by atoms with Gasteiger partial charge in [-0.1, -0.05) is 26.7 Å². The summed E-state index contributed by atoms with van der Waals surface area (Å²) in [6, 6.07) is 1.28. The van der Waals surface area contributed by atoms with E-state index < -0.39 is 0 Å². The van der Waals surface area contributed by atoms with Crippen LogP contribution in [0.1, 0.15) is 52.4 Å². The van der Waals surface area contributed by atoms with Gasteiger partial charge in [-0.15, -0.1) is 0 Å². The third-order valence-electron chi connectivity index (χ3n) is 4.64. The third kappa shape index (κ3) is 2.98. The molecule has 0 aromatic carbocycles. The van der Waals surface area contributed by atoms with E-state index in [1.54, 1.807) is 0 Å². The van der Waals surface area contributed by atoms with Crippen molar-refractivity contribution in [3.05, 3.63) is 0 Å².